The molecule has 1 aromatic carbocycles. The monoisotopic (exact) mass is 293 g/mol. The largest absolute Gasteiger partial charge is 0.481 e. The van der Waals surface area contributed by atoms with Crippen LogP contribution in [0, 0.1) is 0 Å². The van der Waals surface area contributed by atoms with Crippen molar-refractivity contribution in [2.24, 2.45) is 0 Å². The average molecular weight is 293 g/mol. The Morgan fingerprint density at radius 1 is 1.14 bits per heavy atom. The number of hydrogen-bond donors (Lipinski definition) is 2. The summed E-state index contributed by atoms with van der Waals surface area (Å²) in [6.45, 7) is 9.34. The molecule has 0 saturated carbocycles. The van der Waals surface area contributed by atoms with Crippen LogP contribution >= 0.6 is 0 Å². The second-order valence-electron chi connectivity index (χ2n) is 6.10. The van der Waals surface area contributed by atoms with Crippen LogP contribution in [0.4, 0.5) is 0 Å². The second kappa shape index (κ2) is 6.61. The number of nitrogens with one attached hydrogen (secondary N) is 1. The first-order chi connectivity index (χ1) is 9.61. The number of hydrogen-bond acceptors (Lipinski definition) is 3. The fourth-order valence-electron chi connectivity index (χ4n) is 1.68. The van der Waals surface area contributed by atoms with Gasteiger partial charge in [-0.1, -0.05) is 32.9 Å². The molecule has 0 aliphatic heterocycles. The van der Waals surface area contributed by atoms with E-state index in [0.717, 1.165) is 0 Å². The summed E-state index contributed by atoms with van der Waals surface area (Å²) in [5.74, 6) is -0.955. The number of carbonyl (C=O) groups excluding carboxylic acids is 1. The highest BCUT2D eigenvalue weighted by Crippen LogP contribution is 2.24. The maximum atomic E-state index is 11.8. The lowest BCUT2D eigenvalue weighted by Crippen LogP contribution is -2.44. The Hall–Kier alpha value is -2.04. The van der Waals surface area contributed by atoms with Gasteiger partial charge in [-0.05, 0) is 37.0 Å². The van der Waals surface area contributed by atoms with Crippen LogP contribution in [-0.4, -0.2) is 29.1 Å². The fraction of sp³-hybridized carbons (Fsp3) is 0.500. The third kappa shape index (κ3) is 5.10. The van der Waals surface area contributed by atoms with Crippen LogP contribution in [0.2, 0.25) is 0 Å². The quantitative estimate of drug-likeness (QED) is 0.873. The van der Waals surface area contributed by atoms with Crippen molar-refractivity contribution >= 4 is 11.9 Å². The van der Waals surface area contributed by atoms with E-state index in [2.05, 4.69) is 26.1 Å². The zero-order chi connectivity index (χ0) is 16.2. The molecule has 5 heteroatoms. The summed E-state index contributed by atoms with van der Waals surface area (Å²) in [5.41, 5.74) is 1.23. The Bertz CT molecular complexity index is 502. The Balaban J connectivity index is 2.64. The van der Waals surface area contributed by atoms with Crippen LogP contribution in [0.3, 0.4) is 0 Å². The SMILES string of the molecule is CC(Oc1ccc(C(C)(C)C)cc1)C(=O)N[C@H](C)C(=O)O. The summed E-state index contributed by atoms with van der Waals surface area (Å²) >= 11 is 0. The Kier molecular flexibility index (Phi) is 5.35. The molecule has 0 fully saturated rings. The molecule has 2 N–H and O–H groups in total. The molecule has 21 heavy (non-hydrogen) atoms. The molecule has 5 nitrogen and oxygen atoms in total. The Labute approximate surface area is 125 Å². The standard InChI is InChI=1S/C16H23NO4/c1-10(15(19)20)17-14(18)11(2)21-13-8-6-12(7-9-13)16(3,4)5/h6-11H,1-5H3,(H,17,18)(H,19,20)/t10-,11?/m1/s1. The van der Waals surface area contributed by atoms with Gasteiger partial charge in [-0.15, -0.1) is 0 Å². The first-order valence-corrected chi connectivity index (χ1v) is 6.91. The first-order valence-electron chi connectivity index (χ1n) is 6.91. The van der Waals surface area contributed by atoms with Gasteiger partial charge in [-0.2, -0.15) is 0 Å². The van der Waals surface area contributed by atoms with Gasteiger partial charge < -0.3 is 15.2 Å². The molecule has 1 unspecified atom stereocenters. The van der Waals surface area contributed by atoms with E-state index in [-0.39, 0.29) is 5.41 Å². The van der Waals surface area contributed by atoms with Crippen LogP contribution in [0.5, 0.6) is 5.75 Å². The number of carboxylic acids is 1. The lowest BCUT2D eigenvalue weighted by atomic mass is 9.87. The van der Waals surface area contributed by atoms with Crippen LogP contribution in [0.25, 0.3) is 0 Å². The Morgan fingerprint density at radius 3 is 2.10 bits per heavy atom. The van der Waals surface area contributed by atoms with Crippen LogP contribution in [0.15, 0.2) is 24.3 Å². The minimum Gasteiger partial charge on any atom is -0.481 e. The molecule has 0 saturated heterocycles. The molecule has 0 aliphatic carbocycles. The fourth-order valence-corrected chi connectivity index (χ4v) is 1.68. The van der Waals surface area contributed by atoms with E-state index in [1.807, 2.05) is 24.3 Å². The molecule has 0 radical (unpaired) electrons. The van der Waals surface area contributed by atoms with E-state index < -0.39 is 24.0 Å². The van der Waals surface area contributed by atoms with Gasteiger partial charge in [0.05, 0.1) is 0 Å². The number of rotatable bonds is 5. The highest BCUT2D eigenvalue weighted by atomic mass is 16.5. The summed E-state index contributed by atoms with van der Waals surface area (Å²) < 4.78 is 5.52. The smallest absolute Gasteiger partial charge is 0.325 e. The maximum absolute atomic E-state index is 11.8. The van der Waals surface area contributed by atoms with Crippen LogP contribution in [-0.2, 0) is 15.0 Å². The number of carbonyl (C=O) groups is 2. The zero-order valence-electron chi connectivity index (χ0n) is 13.1. The first kappa shape index (κ1) is 17.0. The van der Waals surface area contributed by atoms with E-state index in [0.29, 0.717) is 5.75 Å². The minimum absolute atomic E-state index is 0.0540. The second-order valence-corrected chi connectivity index (χ2v) is 6.10. The van der Waals surface area contributed by atoms with Gasteiger partial charge in [-0.25, -0.2) is 0 Å². The van der Waals surface area contributed by atoms with E-state index in [1.54, 1.807) is 6.92 Å². The molecule has 1 amide bonds. The van der Waals surface area contributed by atoms with E-state index in [9.17, 15) is 9.59 Å². The third-order valence-electron chi connectivity index (χ3n) is 3.13. The van der Waals surface area contributed by atoms with Gasteiger partial charge in [0, 0.05) is 0 Å². The molecule has 1 aromatic rings. The summed E-state index contributed by atoms with van der Waals surface area (Å²) in [4.78, 5) is 22.5. The predicted molar refractivity (Wildman–Crippen MR) is 80.5 cm³/mol. The summed E-state index contributed by atoms with van der Waals surface area (Å²) in [6.07, 6.45) is -0.757. The molecular weight excluding hydrogens is 270 g/mol. The van der Waals surface area contributed by atoms with Gasteiger partial charge in [0.1, 0.15) is 11.8 Å². The maximum Gasteiger partial charge on any atom is 0.325 e. The summed E-state index contributed by atoms with van der Waals surface area (Å²) in [7, 11) is 0. The lowest BCUT2D eigenvalue weighted by molar-refractivity contribution is -0.142. The van der Waals surface area contributed by atoms with Gasteiger partial charge >= 0.3 is 5.97 Å². The van der Waals surface area contributed by atoms with Crippen molar-refractivity contribution in [2.45, 2.75) is 52.2 Å². The number of aliphatic carboxylic acids is 1. The molecular formula is C16H23NO4. The van der Waals surface area contributed by atoms with E-state index in [1.165, 1.54) is 12.5 Å². The number of carboxylic acid groups (broad SMARTS) is 1. The number of amides is 1. The summed E-state index contributed by atoms with van der Waals surface area (Å²) in [5, 5.41) is 11.1. The van der Waals surface area contributed by atoms with Crippen LogP contribution < -0.4 is 10.1 Å². The van der Waals surface area contributed by atoms with Crippen molar-refractivity contribution < 1.29 is 19.4 Å². The van der Waals surface area contributed by atoms with Crippen molar-refractivity contribution in [3.63, 3.8) is 0 Å². The molecule has 0 spiro atoms. The Morgan fingerprint density at radius 2 is 1.67 bits per heavy atom. The van der Waals surface area contributed by atoms with Crippen molar-refractivity contribution in [3.8, 4) is 5.75 Å². The van der Waals surface area contributed by atoms with E-state index >= 15 is 0 Å². The molecule has 1 rings (SSSR count). The number of benzene rings is 1. The van der Waals surface area contributed by atoms with Crippen molar-refractivity contribution in [1.82, 2.24) is 5.32 Å². The molecule has 0 bridgehead atoms. The van der Waals surface area contributed by atoms with Gasteiger partial charge in [0.25, 0.3) is 5.91 Å². The van der Waals surface area contributed by atoms with Crippen molar-refractivity contribution in [1.29, 1.82) is 0 Å². The molecule has 0 heterocycles. The third-order valence-corrected chi connectivity index (χ3v) is 3.13. The normalized spacial score (nSPS) is 14.1. The average Bonchev–Trinajstić information content (AvgIpc) is 2.37. The molecule has 116 valence electrons. The predicted octanol–water partition coefficient (Wildman–Crippen LogP) is 2.34. The van der Waals surface area contributed by atoms with Crippen molar-refractivity contribution in [3.05, 3.63) is 29.8 Å². The van der Waals surface area contributed by atoms with E-state index in [4.69, 9.17) is 9.84 Å². The lowest BCUT2D eigenvalue weighted by Gasteiger charge is -2.20. The molecule has 2 atom stereocenters. The molecule has 0 aliphatic rings. The minimum atomic E-state index is -1.08. The molecule has 0 aromatic heterocycles. The van der Waals surface area contributed by atoms with Gasteiger partial charge in [0.15, 0.2) is 6.10 Å². The zero-order valence-corrected chi connectivity index (χ0v) is 13.1. The van der Waals surface area contributed by atoms with Crippen LogP contribution in [0.1, 0.15) is 40.2 Å². The highest BCUT2D eigenvalue weighted by Gasteiger charge is 2.20. The van der Waals surface area contributed by atoms with Gasteiger partial charge in [0.2, 0.25) is 0 Å². The topological polar surface area (TPSA) is 75.6 Å². The number of ether oxygens (including phenoxy) is 1. The van der Waals surface area contributed by atoms with Gasteiger partial charge in [-0.3, -0.25) is 9.59 Å². The highest BCUT2D eigenvalue weighted by molar-refractivity contribution is 5.86. The summed E-state index contributed by atoms with van der Waals surface area (Å²) in [6, 6.07) is 6.60. The van der Waals surface area contributed by atoms with Crippen molar-refractivity contribution in [2.75, 3.05) is 0 Å².